The van der Waals surface area contributed by atoms with Gasteiger partial charge in [0.15, 0.2) is 0 Å². The molecule has 0 saturated carbocycles. The highest BCUT2D eigenvalue weighted by Crippen LogP contribution is 2.03. The van der Waals surface area contributed by atoms with Gasteiger partial charge in [-0.25, -0.2) is 0 Å². The summed E-state index contributed by atoms with van der Waals surface area (Å²) < 4.78 is 58.9. The van der Waals surface area contributed by atoms with Crippen molar-refractivity contribution in [3.8, 4) is 0 Å². The molecule has 1 fully saturated rings. The van der Waals surface area contributed by atoms with E-state index in [0.717, 1.165) is 26.3 Å². The van der Waals surface area contributed by atoms with E-state index in [1.165, 1.54) is 0 Å². The molecule has 8 nitrogen and oxygen atoms in total. The molecule has 1 saturated heterocycles. The van der Waals surface area contributed by atoms with Gasteiger partial charge >= 0.3 is 0 Å². The minimum atomic E-state index is -4.70. The lowest BCUT2D eigenvalue weighted by molar-refractivity contribution is 0.109. The van der Waals surface area contributed by atoms with Gasteiger partial charge in [-0.1, -0.05) is 0 Å². The molecule has 0 atom stereocenters. The van der Waals surface area contributed by atoms with Crippen LogP contribution < -0.4 is 5.32 Å². The molecule has 98 valence electrons. The third-order valence-electron chi connectivity index (χ3n) is 1.69. The first kappa shape index (κ1) is 15.7. The van der Waals surface area contributed by atoms with E-state index >= 15 is 0 Å². The van der Waals surface area contributed by atoms with E-state index < -0.39 is 24.8 Å². The van der Waals surface area contributed by atoms with Gasteiger partial charge in [0.1, 0.15) is 0 Å². The fraction of sp³-hybridized carbons (Fsp3) is 1.00. The Morgan fingerprint density at radius 2 is 1.44 bits per heavy atom. The molecule has 0 spiro atoms. The zero-order valence-corrected chi connectivity index (χ0v) is 10.3. The zero-order valence-electron chi connectivity index (χ0n) is 8.66. The maximum Gasteiger partial charge on any atom is 0.284 e. The van der Waals surface area contributed by atoms with Crippen LogP contribution in [0.15, 0.2) is 0 Å². The fourth-order valence-corrected chi connectivity index (χ4v) is 1.90. The molecule has 16 heavy (non-hydrogen) atoms. The van der Waals surface area contributed by atoms with Crippen LogP contribution >= 0.6 is 0 Å². The Labute approximate surface area is 94.5 Å². The number of hydrogen-bond acceptors (Lipinski definition) is 6. The predicted octanol–water partition coefficient (Wildman–Crippen LogP) is -1.29. The van der Waals surface area contributed by atoms with Crippen LogP contribution in [0.1, 0.15) is 6.92 Å². The van der Waals surface area contributed by atoms with Crippen molar-refractivity contribution in [1.29, 1.82) is 0 Å². The van der Waals surface area contributed by atoms with E-state index in [1.807, 2.05) is 0 Å². The van der Waals surface area contributed by atoms with E-state index in [0.29, 0.717) is 6.92 Å². The molecule has 0 aromatic rings. The smallest absolute Gasteiger partial charge is 0.284 e. The van der Waals surface area contributed by atoms with Gasteiger partial charge in [0, 0.05) is 13.1 Å². The van der Waals surface area contributed by atoms with Crippen LogP contribution in [0.4, 0.5) is 0 Å². The number of morpholine rings is 1. The molecule has 10 heteroatoms. The first-order valence-electron chi connectivity index (χ1n) is 4.37. The van der Waals surface area contributed by atoms with E-state index in [4.69, 9.17) is 13.8 Å². The Bertz CT molecular complexity index is 340. The third kappa shape index (κ3) is 7.09. The molecule has 0 aliphatic carbocycles. The number of ether oxygens (including phenoxy) is 1. The van der Waals surface area contributed by atoms with Crippen molar-refractivity contribution in [2.45, 2.75) is 11.5 Å². The summed E-state index contributed by atoms with van der Waals surface area (Å²) in [6, 6.07) is 0. The minimum Gasteiger partial charge on any atom is -0.379 e. The van der Waals surface area contributed by atoms with E-state index in [9.17, 15) is 16.8 Å². The van der Waals surface area contributed by atoms with E-state index in [-0.39, 0.29) is 0 Å². The van der Waals surface area contributed by atoms with Crippen molar-refractivity contribution in [2.24, 2.45) is 0 Å². The summed E-state index contributed by atoms with van der Waals surface area (Å²) in [5, 5.41) is 3.16. The molecule has 0 unspecified atom stereocenters. The van der Waals surface area contributed by atoms with Crippen LogP contribution in [0.5, 0.6) is 0 Å². The molecule has 1 aliphatic rings. The fourth-order valence-electron chi connectivity index (χ4n) is 0.669. The molecule has 0 bridgehead atoms. The van der Waals surface area contributed by atoms with Gasteiger partial charge in [-0.2, -0.15) is 16.8 Å². The normalized spacial score (nSPS) is 17.8. The van der Waals surface area contributed by atoms with Gasteiger partial charge in [0.25, 0.3) is 20.2 Å². The van der Waals surface area contributed by atoms with Crippen molar-refractivity contribution in [2.75, 3.05) is 26.3 Å². The molecule has 1 aliphatic heterocycles. The van der Waals surface area contributed by atoms with Crippen LogP contribution in [-0.2, 0) is 25.0 Å². The van der Waals surface area contributed by atoms with E-state index in [2.05, 4.69) is 5.32 Å². The maximum atomic E-state index is 9.99. The first-order valence-corrected chi connectivity index (χ1v) is 7.37. The van der Waals surface area contributed by atoms with Gasteiger partial charge in [0.2, 0.25) is 4.58 Å². The highest BCUT2D eigenvalue weighted by atomic mass is 32.3. The van der Waals surface area contributed by atoms with Gasteiger partial charge < -0.3 is 10.1 Å². The molecule has 3 N–H and O–H groups in total. The van der Waals surface area contributed by atoms with E-state index in [1.54, 1.807) is 0 Å². The Balaban J connectivity index is 0.000000315. The summed E-state index contributed by atoms with van der Waals surface area (Å²) in [4.78, 5) is 0. The lowest BCUT2D eigenvalue weighted by Gasteiger charge is -2.10. The topological polar surface area (TPSA) is 130 Å². The lowest BCUT2D eigenvalue weighted by Crippen LogP contribution is -2.30. The second-order valence-corrected chi connectivity index (χ2v) is 6.73. The summed E-state index contributed by atoms with van der Waals surface area (Å²) in [6.07, 6.45) is 0. The largest absolute Gasteiger partial charge is 0.379 e. The molecular weight excluding hydrogens is 262 g/mol. The second kappa shape index (κ2) is 6.47. The Hall–Kier alpha value is -0.260. The van der Waals surface area contributed by atoms with Gasteiger partial charge in [0.05, 0.1) is 13.2 Å². The molecule has 0 amide bonds. The van der Waals surface area contributed by atoms with Crippen molar-refractivity contribution in [3.63, 3.8) is 0 Å². The quantitative estimate of drug-likeness (QED) is 0.532. The van der Waals surface area contributed by atoms with Crippen LogP contribution in [0, 0.1) is 0 Å². The van der Waals surface area contributed by atoms with Crippen LogP contribution in [0.3, 0.4) is 0 Å². The van der Waals surface area contributed by atoms with Crippen LogP contribution in [0.25, 0.3) is 0 Å². The monoisotopic (exact) mass is 277 g/mol. The van der Waals surface area contributed by atoms with Crippen molar-refractivity contribution in [3.05, 3.63) is 0 Å². The van der Waals surface area contributed by atoms with Gasteiger partial charge in [-0.15, -0.1) is 0 Å². The van der Waals surface area contributed by atoms with Gasteiger partial charge in [-0.3, -0.25) is 9.11 Å². The average Bonchev–Trinajstić information content (AvgIpc) is 2.17. The average molecular weight is 277 g/mol. The molecule has 0 aromatic carbocycles. The minimum absolute atomic E-state index is 0.657. The number of rotatable bonds is 2. The molecule has 1 heterocycles. The summed E-state index contributed by atoms with van der Waals surface area (Å²) in [7, 11) is -9.40. The zero-order chi connectivity index (χ0) is 12.8. The molecular formula is C6H15NO7S2. The number of hydrogen-bond donors (Lipinski definition) is 3. The molecule has 0 radical (unpaired) electrons. The lowest BCUT2D eigenvalue weighted by atomic mass is 10.5. The van der Waals surface area contributed by atoms with Crippen LogP contribution in [0.2, 0.25) is 0 Å². The summed E-state index contributed by atoms with van der Waals surface area (Å²) in [6.45, 7) is 4.49. The predicted molar refractivity (Wildman–Crippen MR) is 56.2 cm³/mol. The highest BCUT2D eigenvalue weighted by Gasteiger charge is 2.29. The standard InChI is InChI=1S/C4H9NO.C2H6O6S2/c1-3-6-4-2-5-1;1-2(9(3,4)5)10(6,7)8/h5H,1-4H2;2H,1H3,(H,3,4,5)(H,6,7,8). The second-order valence-electron chi connectivity index (χ2n) is 2.96. The number of nitrogens with one attached hydrogen (secondary N) is 1. The van der Waals surface area contributed by atoms with Crippen molar-refractivity contribution >= 4 is 20.2 Å². The molecule has 1 rings (SSSR count). The van der Waals surface area contributed by atoms with Gasteiger partial charge in [-0.05, 0) is 6.92 Å². The third-order valence-corrected chi connectivity index (χ3v) is 4.82. The highest BCUT2D eigenvalue weighted by molar-refractivity contribution is 8.03. The van der Waals surface area contributed by atoms with Crippen molar-refractivity contribution < 1.29 is 30.7 Å². The Kier molecular flexibility index (Phi) is 6.36. The van der Waals surface area contributed by atoms with Crippen LogP contribution in [-0.4, -0.2) is 56.8 Å². The Morgan fingerprint density at radius 3 is 1.50 bits per heavy atom. The maximum absolute atomic E-state index is 9.99. The summed E-state index contributed by atoms with van der Waals surface area (Å²) in [5.74, 6) is 0. The first-order chi connectivity index (χ1) is 7.15. The summed E-state index contributed by atoms with van der Waals surface area (Å²) >= 11 is 0. The summed E-state index contributed by atoms with van der Waals surface area (Å²) in [5.41, 5.74) is 0. The SMILES string of the molecule is C1COCCN1.CC(S(=O)(=O)O)S(=O)(=O)O. The Morgan fingerprint density at radius 1 is 1.06 bits per heavy atom. The molecule has 0 aromatic heterocycles. The van der Waals surface area contributed by atoms with Crippen molar-refractivity contribution in [1.82, 2.24) is 5.32 Å².